The van der Waals surface area contributed by atoms with E-state index in [4.69, 9.17) is 16.1 Å². The van der Waals surface area contributed by atoms with E-state index >= 15 is 0 Å². The maximum absolute atomic E-state index is 5.97. The molecule has 0 spiro atoms. The van der Waals surface area contributed by atoms with Crippen LogP contribution in [0.2, 0.25) is 5.02 Å². The van der Waals surface area contributed by atoms with Crippen LogP contribution in [0.1, 0.15) is 12.3 Å². The molecule has 0 saturated carbocycles. The Morgan fingerprint density at radius 3 is 3.15 bits per heavy atom. The molecule has 1 aliphatic heterocycles. The third-order valence-corrected chi connectivity index (χ3v) is 3.83. The van der Waals surface area contributed by atoms with E-state index in [1.54, 1.807) is 0 Å². The molecule has 5 nitrogen and oxygen atoms in total. The minimum absolute atomic E-state index is 0.538. The quantitative estimate of drug-likeness (QED) is 0.936. The first-order valence-electron chi connectivity index (χ1n) is 6.72. The van der Waals surface area contributed by atoms with Crippen molar-refractivity contribution in [2.75, 3.05) is 20.1 Å². The fourth-order valence-corrected chi connectivity index (χ4v) is 2.61. The molecule has 0 aliphatic carbocycles. The van der Waals surface area contributed by atoms with Crippen LogP contribution >= 0.6 is 11.6 Å². The Hall–Kier alpha value is -1.43. The van der Waals surface area contributed by atoms with Gasteiger partial charge >= 0.3 is 0 Å². The Balaban J connectivity index is 1.70. The first-order valence-corrected chi connectivity index (χ1v) is 7.09. The summed E-state index contributed by atoms with van der Waals surface area (Å²) in [5, 5.41) is 8.04. The van der Waals surface area contributed by atoms with E-state index in [1.165, 1.54) is 0 Å². The van der Waals surface area contributed by atoms with Crippen LogP contribution in [0.4, 0.5) is 0 Å². The molecule has 0 bridgehead atoms. The van der Waals surface area contributed by atoms with E-state index < -0.39 is 0 Å². The van der Waals surface area contributed by atoms with E-state index in [0.29, 0.717) is 29.3 Å². The van der Waals surface area contributed by atoms with Gasteiger partial charge in [-0.2, -0.15) is 4.98 Å². The van der Waals surface area contributed by atoms with Crippen molar-refractivity contribution < 1.29 is 4.52 Å². The minimum atomic E-state index is 0.538. The van der Waals surface area contributed by atoms with Crippen LogP contribution in [-0.2, 0) is 6.54 Å². The van der Waals surface area contributed by atoms with Crippen LogP contribution in [-0.4, -0.2) is 41.2 Å². The summed E-state index contributed by atoms with van der Waals surface area (Å²) < 4.78 is 5.32. The Morgan fingerprint density at radius 2 is 2.40 bits per heavy atom. The minimum Gasteiger partial charge on any atom is -0.338 e. The third kappa shape index (κ3) is 3.00. The summed E-state index contributed by atoms with van der Waals surface area (Å²) in [6.07, 6.45) is 1.16. The molecule has 2 aromatic rings. The molecule has 1 fully saturated rings. The number of nitrogens with one attached hydrogen (secondary N) is 1. The molecule has 0 amide bonds. The van der Waals surface area contributed by atoms with Crippen LogP contribution in [0.3, 0.4) is 0 Å². The smallest absolute Gasteiger partial charge is 0.241 e. The highest BCUT2D eigenvalue weighted by Gasteiger charge is 2.21. The molecule has 1 aromatic carbocycles. The lowest BCUT2D eigenvalue weighted by molar-refractivity contribution is 0.214. The van der Waals surface area contributed by atoms with Crippen molar-refractivity contribution in [2.45, 2.75) is 19.0 Å². The van der Waals surface area contributed by atoms with Gasteiger partial charge in [-0.15, -0.1) is 0 Å². The number of hydrogen-bond donors (Lipinski definition) is 1. The lowest BCUT2D eigenvalue weighted by atomic mass is 10.2. The van der Waals surface area contributed by atoms with E-state index in [9.17, 15) is 0 Å². The highest BCUT2D eigenvalue weighted by Crippen LogP contribution is 2.20. The van der Waals surface area contributed by atoms with Gasteiger partial charge < -0.3 is 9.84 Å². The van der Waals surface area contributed by atoms with Gasteiger partial charge in [-0.05, 0) is 32.1 Å². The zero-order valence-electron chi connectivity index (χ0n) is 11.3. The molecule has 3 rings (SSSR count). The Morgan fingerprint density at radius 1 is 1.50 bits per heavy atom. The SMILES string of the molecule is CN(Cc1nc(-c2cccc(Cl)c2)no1)C1CCNC1. The first-order chi connectivity index (χ1) is 9.72. The van der Waals surface area contributed by atoms with Gasteiger partial charge in [0.15, 0.2) is 0 Å². The summed E-state index contributed by atoms with van der Waals surface area (Å²) in [5.41, 5.74) is 0.873. The maximum atomic E-state index is 5.97. The number of aromatic nitrogens is 2. The van der Waals surface area contributed by atoms with E-state index in [1.807, 2.05) is 24.3 Å². The number of nitrogens with zero attached hydrogens (tertiary/aromatic N) is 3. The Bertz CT molecular complexity index is 580. The fraction of sp³-hybridized carbons (Fsp3) is 0.429. The summed E-state index contributed by atoms with van der Waals surface area (Å²) in [7, 11) is 2.08. The van der Waals surface area contributed by atoms with Crippen molar-refractivity contribution in [1.82, 2.24) is 20.4 Å². The second kappa shape index (κ2) is 5.91. The van der Waals surface area contributed by atoms with Crippen LogP contribution in [0.15, 0.2) is 28.8 Å². The molecule has 6 heteroatoms. The largest absolute Gasteiger partial charge is 0.338 e. The van der Waals surface area contributed by atoms with Crippen molar-refractivity contribution >= 4 is 11.6 Å². The molecular weight excluding hydrogens is 276 g/mol. The predicted octanol–water partition coefficient (Wildman–Crippen LogP) is 2.18. The predicted molar refractivity (Wildman–Crippen MR) is 77.5 cm³/mol. The lowest BCUT2D eigenvalue weighted by Crippen LogP contribution is -2.32. The zero-order valence-corrected chi connectivity index (χ0v) is 12.1. The fourth-order valence-electron chi connectivity index (χ4n) is 2.42. The van der Waals surface area contributed by atoms with Crippen molar-refractivity contribution in [3.63, 3.8) is 0 Å². The van der Waals surface area contributed by atoms with Crippen molar-refractivity contribution in [3.8, 4) is 11.4 Å². The second-order valence-corrected chi connectivity index (χ2v) is 5.52. The molecule has 1 N–H and O–H groups in total. The average Bonchev–Trinajstić information content (AvgIpc) is 3.10. The first kappa shape index (κ1) is 13.5. The number of halogens is 1. The van der Waals surface area contributed by atoms with Crippen molar-refractivity contribution in [2.24, 2.45) is 0 Å². The van der Waals surface area contributed by atoms with E-state index in [-0.39, 0.29) is 0 Å². The van der Waals surface area contributed by atoms with E-state index in [2.05, 4.69) is 27.4 Å². The zero-order chi connectivity index (χ0) is 13.9. The summed E-state index contributed by atoms with van der Waals surface area (Å²) >= 11 is 5.97. The molecule has 2 heterocycles. The van der Waals surface area contributed by atoms with Crippen LogP contribution in [0, 0.1) is 0 Å². The highest BCUT2D eigenvalue weighted by molar-refractivity contribution is 6.30. The van der Waals surface area contributed by atoms with Gasteiger partial charge in [0.25, 0.3) is 0 Å². The highest BCUT2D eigenvalue weighted by atomic mass is 35.5. The number of benzene rings is 1. The summed E-state index contributed by atoms with van der Waals surface area (Å²) in [6.45, 7) is 2.76. The lowest BCUT2D eigenvalue weighted by Gasteiger charge is -2.21. The number of likely N-dealkylation sites (N-methyl/N-ethyl adjacent to an activating group) is 1. The van der Waals surface area contributed by atoms with Gasteiger partial charge in [0.05, 0.1) is 6.54 Å². The van der Waals surface area contributed by atoms with Gasteiger partial charge in [0.2, 0.25) is 11.7 Å². The Kier molecular flexibility index (Phi) is 4.00. The van der Waals surface area contributed by atoms with E-state index in [0.717, 1.165) is 25.1 Å². The van der Waals surface area contributed by atoms with Gasteiger partial charge in [0, 0.05) is 23.2 Å². The molecule has 0 radical (unpaired) electrons. The van der Waals surface area contributed by atoms with Gasteiger partial charge in [-0.1, -0.05) is 28.9 Å². The summed E-state index contributed by atoms with van der Waals surface area (Å²) in [6, 6.07) is 8.00. The van der Waals surface area contributed by atoms with Gasteiger partial charge in [-0.25, -0.2) is 0 Å². The second-order valence-electron chi connectivity index (χ2n) is 5.08. The normalized spacial score (nSPS) is 18.9. The monoisotopic (exact) mass is 292 g/mol. The molecule has 1 aliphatic rings. The molecule has 1 unspecified atom stereocenters. The maximum Gasteiger partial charge on any atom is 0.241 e. The number of rotatable bonds is 4. The standard InChI is InChI=1S/C14H17ClN4O/c1-19(12-5-6-16-8-12)9-13-17-14(18-20-13)10-3-2-4-11(15)7-10/h2-4,7,12,16H,5-6,8-9H2,1H3. The van der Waals surface area contributed by atoms with Crippen LogP contribution < -0.4 is 5.32 Å². The third-order valence-electron chi connectivity index (χ3n) is 3.59. The van der Waals surface area contributed by atoms with Gasteiger partial charge in [0.1, 0.15) is 0 Å². The number of hydrogen-bond acceptors (Lipinski definition) is 5. The molecular formula is C14H17ClN4O. The van der Waals surface area contributed by atoms with Crippen molar-refractivity contribution in [1.29, 1.82) is 0 Å². The van der Waals surface area contributed by atoms with Gasteiger partial charge in [-0.3, -0.25) is 4.90 Å². The molecule has 106 valence electrons. The molecule has 1 saturated heterocycles. The molecule has 20 heavy (non-hydrogen) atoms. The molecule has 1 aromatic heterocycles. The molecule has 1 atom stereocenters. The topological polar surface area (TPSA) is 54.2 Å². The van der Waals surface area contributed by atoms with Crippen molar-refractivity contribution in [3.05, 3.63) is 35.2 Å². The average molecular weight is 293 g/mol. The summed E-state index contributed by atoms with van der Waals surface area (Å²) in [5.74, 6) is 1.22. The summed E-state index contributed by atoms with van der Waals surface area (Å²) in [4.78, 5) is 6.68. The Labute approximate surface area is 122 Å². The van der Waals surface area contributed by atoms with Crippen LogP contribution in [0.25, 0.3) is 11.4 Å². The van der Waals surface area contributed by atoms with Crippen LogP contribution in [0.5, 0.6) is 0 Å².